The Morgan fingerprint density at radius 2 is 2.31 bits per heavy atom. The molecule has 0 aliphatic heterocycles. The third-order valence-electron chi connectivity index (χ3n) is 1.98. The van der Waals surface area contributed by atoms with Crippen LogP contribution in [-0.4, -0.2) is 12.6 Å². The van der Waals surface area contributed by atoms with Crippen molar-refractivity contribution < 1.29 is 9.53 Å². The second-order valence-corrected chi connectivity index (χ2v) is 3.42. The number of benzene rings is 1. The van der Waals surface area contributed by atoms with Gasteiger partial charge in [-0.15, -0.1) is 0 Å². The zero-order valence-electron chi connectivity index (χ0n) is 8.79. The highest BCUT2D eigenvalue weighted by Gasteiger charge is 2.16. The SMILES string of the molecule is CCOC(=O)c1cc(CN)cc(C#N)c1Cl. The molecule has 0 fully saturated rings. The normalized spacial score (nSPS) is 9.62. The predicted octanol–water partition coefficient (Wildman–Crippen LogP) is 1.85. The Morgan fingerprint density at radius 3 is 2.81 bits per heavy atom. The predicted molar refractivity (Wildman–Crippen MR) is 60.0 cm³/mol. The Labute approximate surface area is 98.6 Å². The molecule has 0 aliphatic carbocycles. The zero-order valence-corrected chi connectivity index (χ0v) is 9.54. The van der Waals surface area contributed by atoms with Crippen LogP contribution in [0.5, 0.6) is 0 Å². The summed E-state index contributed by atoms with van der Waals surface area (Å²) >= 11 is 5.90. The monoisotopic (exact) mass is 238 g/mol. The van der Waals surface area contributed by atoms with Crippen LogP contribution in [0.15, 0.2) is 12.1 Å². The molecule has 0 amide bonds. The molecule has 0 atom stereocenters. The molecule has 5 heteroatoms. The molecular formula is C11H11ClN2O2. The largest absolute Gasteiger partial charge is 0.462 e. The van der Waals surface area contributed by atoms with Gasteiger partial charge in [0, 0.05) is 6.54 Å². The molecular weight excluding hydrogens is 228 g/mol. The summed E-state index contributed by atoms with van der Waals surface area (Å²) in [5, 5.41) is 8.96. The van der Waals surface area contributed by atoms with E-state index in [0.29, 0.717) is 5.56 Å². The Bertz CT molecular complexity index is 452. The summed E-state index contributed by atoms with van der Waals surface area (Å²) in [6.45, 7) is 2.19. The average Bonchev–Trinajstić information content (AvgIpc) is 2.29. The van der Waals surface area contributed by atoms with Crippen molar-refractivity contribution in [2.45, 2.75) is 13.5 Å². The number of nitrogens with zero attached hydrogens (tertiary/aromatic N) is 1. The number of esters is 1. The Balaban J connectivity index is 3.27. The second-order valence-electron chi connectivity index (χ2n) is 3.04. The van der Waals surface area contributed by atoms with Gasteiger partial charge >= 0.3 is 5.97 Å². The number of nitrogens with two attached hydrogens (primary N) is 1. The lowest BCUT2D eigenvalue weighted by Crippen LogP contribution is -2.08. The highest BCUT2D eigenvalue weighted by Crippen LogP contribution is 2.23. The lowest BCUT2D eigenvalue weighted by molar-refractivity contribution is 0.0526. The van der Waals surface area contributed by atoms with E-state index in [1.54, 1.807) is 19.1 Å². The quantitative estimate of drug-likeness (QED) is 0.816. The summed E-state index contributed by atoms with van der Waals surface area (Å²) in [4.78, 5) is 11.5. The fourth-order valence-electron chi connectivity index (χ4n) is 1.24. The number of nitriles is 1. The van der Waals surface area contributed by atoms with E-state index >= 15 is 0 Å². The summed E-state index contributed by atoms with van der Waals surface area (Å²) in [7, 11) is 0. The van der Waals surface area contributed by atoms with Gasteiger partial charge in [0.05, 0.1) is 22.8 Å². The molecule has 0 saturated heterocycles. The molecule has 0 radical (unpaired) electrons. The second kappa shape index (κ2) is 5.50. The molecule has 2 N–H and O–H groups in total. The molecule has 0 heterocycles. The molecule has 1 aromatic rings. The van der Waals surface area contributed by atoms with Gasteiger partial charge in [-0.05, 0) is 24.6 Å². The summed E-state index contributed by atoms with van der Waals surface area (Å²) in [5.41, 5.74) is 6.54. The first-order valence-corrected chi connectivity index (χ1v) is 5.11. The van der Waals surface area contributed by atoms with Crippen molar-refractivity contribution in [3.63, 3.8) is 0 Å². The van der Waals surface area contributed by atoms with Crippen LogP contribution in [0.3, 0.4) is 0 Å². The summed E-state index contributed by atoms with van der Waals surface area (Å²) < 4.78 is 4.83. The number of ether oxygens (including phenoxy) is 1. The first kappa shape index (κ1) is 12.5. The summed E-state index contributed by atoms with van der Waals surface area (Å²) in [5.74, 6) is -0.542. The van der Waals surface area contributed by atoms with Crippen LogP contribution in [0.25, 0.3) is 0 Å². The minimum atomic E-state index is -0.542. The van der Waals surface area contributed by atoms with Crippen LogP contribution in [0.4, 0.5) is 0 Å². The fraction of sp³-hybridized carbons (Fsp3) is 0.273. The third-order valence-corrected chi connectivity index (χ3v) is 2.39. The van der Waals surface area contributed by atoms with E-state index in [2.05, 4.69) is 0 Å². The van der Waals surface area contributed by atoms with Gasteiger partial charge in [0.25, 0.3) is 0 Å². The molecule has 0 bridgehead atoms. The molecule has 4 nitrogen and oxygen atoms in total. The summed E-state index contributed by atoms with van der Waals surface area (Å²) in [6.07, 6.45) is 0. The van der Waals surface area contributed by atoms with Crippen LogP contribution in [-0.2, 0) is 11.3 Å². The average molecular weight is 239 g/mol. The van der Waals surface area contributed by atoms with Gasteiger partial charge in [-0.25, -0.2) is 4.79 Å². The van der Waals surface area contributed by atoms with Crippen LogP contribution in [0, 0.1) is 11.3 Å². The summed E-state index contributed by atoms with van der Waals surface area (Å²) in [6, 6.07) is 5.02. The molecule has 1 rings (SSSR count). The molecule has 0 aliphatic rings. The highest BCUT2D eigenvalue weighted by molar-refractivity contribution is 6.34. The van der Waals surface area contributed by atoms with E-state index in [4.69, 9.17) is 27.3 Å². The van der Waals surface area contributed by atoms with Crippen molar-refractivity contribution in [1.82, 2.24) is 0 Å². The molecule has 1 aromatic carbocycles. The fourth-order valence-corrected chi connectivity index (χ4v) is 1.47. The highest BCUT2D eigenvalue weighted by atomic mass is 35.5. The third kappa shape index (κ3) is 2.51. The standard InChI is InChI=1S/C11H11ClN2O2/c1-2-16-11(15)9-4-7(5-13)3-8(6-14)10(9)12/h3-4H,2,5,13H2,1H3. The van der Waals surface area contributed by atoms with Crippen molar-refractivity contribution >= 4 is 17.6 Å². The molecule has 16 heavy (non-hydrogen) atoms. The van der Waals surface area contributed by atoms with Crippen molar-refractivity contribution in [1.29, 1.82) is 5.26 Å². The van der Waals surface area contributed by atoms with E-state index in [0.717, 1.165) is 0 Å². The Morgan fingerprint density at radius 1 is 1.62 bits per heavy atom. The maximum atomic E-state index is 11.5. The number of halogens is 1. The number of hydrogen-bond acceptors (Lipinski definition) is 4. The lowest BCUT2D eigenvalue weighted by Gasteiger charge is -2.07. The minimum absolute atomic E-state index is 0.109. The molecule has 84 valence electrons. The van der Waals surface area contributed by atoms with Crippen LogP contribution < -0.4 is 5.73 Å². The van der Waals surface area contributed by atoms with E-state index in [9.17, 15) is 4.79 Å². The van der Waals surface area contributed by atoms with Crippen molar-refractivity contribution in [2.24, 2.45) is 5.73 Å². The van der Waals surface area contributed by atoms with Crippen molar-refractivity contribution in [3.8, 4) is 6.07 Å². The smallest absolute Gasteiger partial charge is 0.339 e. The van der Waals surface area contributed by atoms with Gasteiger partial charge in [0.1, 0.15) is 6.07 Å². The number of hydrogen-bond donors (Lipinski definition) is 1. The molecule has 0 aromatic heterocycles. The zero-order chi connectivity index (χ0) is 12.1. The van der Waals surface area contributed by atoms with Gasteiger partial charge in [-0.1, -0.05) is 11.6 Å². The first-order valence-electron chi connectivity index (χ1n) is 4.73. The van der Waals surface area contributed by atoms with Gasteiger partial charge in [0.2, 0.25) is 0 Å². The van der Waals surface area contributed by atoms with Gasteiger partial charge in [-0.2, -0.15) is 5.26 Å². The maximum Gasteiger partial charge on any atom is 0.339 e. The van der Waals surface area contributed by atoms with E-state index in [1.165, 1.54) is 0 Å². The number of carbonyl (C=O) groups is 1. The topological polar surface area (TPSA) is 76.1 Å². The van der Waals surface area contributed by atoms with Crippen molar-refractivity contribution in [2.75, 3.05) is 6.61 Å². The molecule has 0 unspecified atom stereocenters. The Hall–Kier alpha value is -1.57. The van der Waals surface area contributed by atoms with Gasteiger partial charge < -0.3 is 10.5 Å². The molecule has 0 spiro atoms. The number of rotatable bonds is 3. The lowest BCUT2D eigenvalue weighted by atomic mass is 10.1. The van der Waals surface area contributed by atoms with Gasteiger partial charge in [0.15, 0.2) is 0 Å². The van der Waals surface area contributed by atoms with Crippen molar-refractivity contribution in [3.05, 3.63) is 33.8 Å². The van der Waals surface area contributed by atoms with E-state index < -0.39 is 5.97 Å². The minimum Gasteiger partial charge on any atom is -0.462 e. The van der Waals surface area contributed by atoms with Crippen LogP contribution in [0.1, 0.15) is 28.4 Å². The Kier molecular flexibility index (Phi) is 4.29. The van der Waals surface area contributed by atoms with Gasteiger partial charge in [-0.3, -0.25) is 0 Å². The first-order chi connectivity index (χ1) is 7.63. The number of carbonyl (C=O) groups excluding carboxylic acids is 1. The van der Waals surface area contributed by atoms with E-state index in [-0.39, 0.29) is 29.3 Å². The molecule has 0 saturated carbocycles. The maximum absolute atomic E-state index is 11.5. The van der Waals surface area contributed by atoms with Crippen LogP contribution in [0.2, 0.25) is 5.02 Å². The van der Waals surface area contributed by atoms with E-state index in [1.807, 2.05) is 6.07 Å². The van der Waals surface area contributed by atoms with Crippen LogP contribution >= 0.6 is 11.6 Å².